The Morgan fingerprint density at radius 2 is 1.77 bits per heavy atom. The number of hydrogen-bond donors (Lipinski definition) is 1. The van der Waals surface area contributed by atoms with Crippen LogP contribution < -0.4 is 10.1 Å². The molecular weight excluding hydrogens is 410 g/mol. The molecule has 8 heteroatoms. The highest BCUT2D eigenvalue weighted by Crippen LogP contribution is 2.21. The highest BCUT2D eigenvalue weighted by Gasteiger charge is 2.12. The number of hydrogen-bond acceptors (Lipinski definition) is 6. The van der Waals surface area contributed by atoms with E-state index in [0.717, 1.165) is 23.5 Å². The van der Waals surface area contributed by atoms with Gasteiger partial charge in [-0.15, -0.1) is 10.2 Å². The first-order valence-electron chi connectivity index (χ1n) is 10.5. The third kappa shape index (κ3) is 5.86. The average Bonchev–Trinajstić information content (AvgIpc) is 3.49. The topological polar surface area (TPSA) is 72.3 Å². The lowest BCUT2D eigenvalue weighted by atomic mass is 10.1. The molecule has 1 aromatic heterocycles. The maximum absolute atomic E-state index is 12.3. The van der Waals surface area contributed by atoms with E-state index in [0.29, 0.717) is 11.7 Å². The minimum Gasteiger partial charge on any atom is -0.497 e. The zero-order valence-corrected chi connectivity index (χ0v) is 18.5. The first kappa shape index (κ1) is 21.4. The second kappa shape index (κ2) is 10.5. The quantitative estimate of drug-likeness (QED) is 0.518. The summed E-state index contributed by atoms with van der Waals surface area (Å²) >= 11 is 1.36. The van der Waals surface area contributed by atoms with Gasteiger partial charge in [-0.2, -0.15) is 0 Å². The van der Waals surface area contributed by atoms with Gasteiger partial charge >= 0.3 is 0 Å². The van der Waals surface area contributed by atoms with Crippen molar-refractivity contribution < 1.29 is 9.53 Å². The van der Waals surface area contributed by atoms with E-state index in [9.17, 15) is 4.79 Å². The molecule has 0 atom stereocenters. The Morgan fingerprint density at radius 3 is 2.48 bits per heavy atom. The van der Waals surface area contributed by atoms with Crippen LogP contribution in [0.3, 0.4) is 0 Å². The fourth-order valence-electron chi connectivity index (χ4n) is 3.59. The van der Waals surface area contributed by atoms with Crippen molar-refractivity contribution >= 4 is 17.7 Å². The standard InChI is InChI=1S/C23H27N5O2S/c1-30-21-10-8-20(9-11-21)28-17-25-26-23(28)31-16-22(29)24-14-18-4-6-19(7-5-18)15-27-12-2-3-13-27/h4-11,17H,2-3,12-16H2,1H3,(H,24,29). The largest absolute Gasteiger partial charge is 0.497 e. The van der Waals surface area contributed by atoms with E-state index in [1.165, 1.54) is 43.3 Å². The Labute approximate surface area is 186 Å². The first-order chi connectivity index (χ1) is 15.2. The Kier molecular flexibility index (Phi) is 7.22. The zero-order valence-electron chi connectivity index (χ0n) is 17.7. The number of nitrogens with zero attached hydrogens (tertiary/aromatic N) is 4. The number of carbonyl (C=O) groups is 1. The minimum atomic E-state index is -0.0320. The van der Waals surface area contributed by atoms with Crippen LogP contribution in [0.4, 0.5) is 0 Å². The normalized spacial score (nSPS) is 14.0. The smallest absolute Gasteiger partial charge is 0.230 e. The van der Waals surface area contributed by atoms with Crippen molar-refractivity contribution in [2.45, 2.75) is 31.1 Å². The van der Waals surface area contributed by atoms with Gasteiger partial charge in [0.05, 0.1) is 12.9 Å². The Hall–Kier alpha value is -2.84. The number of rotatable bonds is 9. The van der Waals surface area contributed by atoms with Gasteiger partial charge in [-0.1, -0.05) is 36.0 Å². The fraction of sp³-hybridized carbons (Fsp3) is 0.348. The van der Waals surface area contributed by atoms with Gasteiger partial charge in [0.15, 0.2) is 5.16 Å². The van der Waals surface area contributed by atoms with Gasteiger partial charge in [0, 0.05) is 18.8 Å². The van der Waals surface area contributed by atoms with Gasteiger partial charge in [0.2, 0.25) is 5.91 Å². The number of aromatic nitrogens is 3. The average molecular weight is 438 g/mol. The van der Waals surface area contributed by atoms with E-state index >= 15 is 0 Å². The summed E-state index contributed by atoms with van der Waals surface area (Å²) in [5.74, 6) is 1.03. The summed E-state index contributed by atoms with van der Waals surface area (Å²) in [6, 6.07) is 16.1. The molecule has 0 saturated carbocycles. The highest BCUT2D eigenvalue weighted by atomic mass is 32.2. The summed E-state index contributed by atoms with van der Waals surface area (Å²) in [4.78, 5) is 14.8. The van der Waals surface area contributed by atoms with Crippen LogP contribution in [0.2, 0.25) is 0 Å². The molecule has 0 spiro atoms. The molecule has 2 heterocycles. The van der Waals surface area contributed by atoms with Crippen molar-refractivity contribution in [1.82, 2.24) is 25.0 Å². The van der Waals surface area contributed by atoms with E-state index in [1.807, 2.05) is 28.8 Å². The molecule has 1 N–H and O–H groups in total. The number of ether oxygens (including phenoxy) is 1. The second-order valence-corrected chi connectivity index (χ2v) is 8.49. The SMILES string of the molecule is COc1ccc(-n2cnnc2SCC(=O)NCc2ccc(CN3CCCC3)cc2)cc1. The summed E-state index contributed by atoms with van der Waals surface area (Å²) in [5.41, 5.74) is 3.35. The van der Waals surface area contributed by atoms with Crippen molar-refractivity contribution in [1.29, 1.82) is 0 Å². The molecule has 162 valence electrons. The lowest BCUT2D eigenvalue weighted by Gasteiger charge is -2.14. The number of likely N-dealkylation sites (tertiary alicyclic amines) is 1. The molecule has 1 fully saturated rings. The second-order valence-electron chi connectivity index (χ2n) is 7.55. The van der Waals surface area contributed by atoms with Crippen LogP contribution in [-0.2, 0) is 17.9 Å². The lowest BCUT2D eigenvalue weighted by Crippen LogP contribution is -2.24. The van der Waals surface area contributed by atoms with E-state index in [1.54, 1.807) is 13.4 Å². The van der Waals surface area contributed by atoms with Gasteiger partial charge in [-0.3, -0.25) is 14.3 Å². The van der Waals surface area contributed by atoms with Crippen molar-refractivity contribution in [2.24, 2.45) is 0 Å². The molecule has 1 aliphatic rings. The molecule has 1 aliphatic heterocycles. The van der Waals surface area contributed by atoms with Crippen LogP contribution >= 0.6 is 11.8 Å². The monoisotopic (exact) mass is 437 g/mol. The molecule has 0 bridgehead atoms. The van der Waals surface area contributed by atoms with Crippen LogP contribution in [0.15, 0.2) is 60.0 Å². The summed E-state index contributed by atoms with van der Waals surface area (Å²) in [6.45, 7) is 3.93. The van der Waals surface area contributed by atoms with Gasteiger partial charge < -0.3 is 10.1 Å². The predicted molar refractivity (Wildman–Crippen MR) is 121 cm³/mol. The number of amides is 1. The molecule has 2 aromatic carbocycles. The zero-order chi connectivity index (χ0) is 21.5. The summed E-state index contributed by atoms with van der Waals surface area (Å²) in [5, 5.41) is 11.8. The van der Waals surface area contributed by atoms with Crippen LogP contribution in [-0.4, -0.2) is 51.5 Å². The van der Waals surface area contributed by atoms with E-state index in [2.05, 4.69) is 44.7 Å². The summed E-state index contributed by atoms with van der Waals surface area (Å²) in [7, 11) is 1.64. The highest BCUT2D eigenvalue weighted by molar-refractivity contribution is 7.99. The van der Waals surface area contributed by atoms with E-state index < -0.39 is 0 Å². The predicted octanol–water partition coefficient (Wildman–Crippen LogP) is 3.28. The van der Waals surface area contributed by atoms with Crippen LogP contribution in [0.25, 0.3) is 5.69 Å². The Balaban J connectivity index is 1.25. The number of carbonyl (C=O) groups excluding carboxylic acids is 1. The fourth-order valence-corrected chi connectivity index (χ4v) is 4.34. The lowest BCUT2D eigenvalue weighted by molar-refractivity contribution is -0.118. The Morgan fingerprint density at radius 1 is 1.06 bits per heavy atom. The van der Waals surface area contributed by atoms with Crippen molar-refractivity contribution in [3.05, 3.63) is 66.0 Å². The molecule has 0 aliphatic carbocycles. The third-order valence-corrected chi connectivity index (χ3v) is 6.26. The van der Waals surface area contributed by atoms with Crippen molar-refractivity contribution in [3.8, 4) is 11.4 Å². The van der Waals surface area contributed by atoms with Gasteiger partial charge in [-0.05, 0) is 61.3 Å². The van der Waals surface area contributed by atoms with Crippen molar-refractivity contribution in [3.63, 3.8) is 0 Å². The number of nitrogens with one attached hydrogen (secondary N) is 1. The first-order valence-corrected chi connectivity index (χ1v) is 11.4. The number of methoxy groups -OCH3 is 1. The van der Waals surface area contributed by atoms with Crippen molar-refractivity contribution in [2.75, 3.05) is 26.0 Å². The molecule has 0 unspecified atom stereocenters. The molecular formula is C23H27N5O2S. The van der Waals surface area contributed by atoms with Gasteiger partial charge in [0.25, 0.3) is 0 Å². The van der Waals surface area contributed by atoms with Crippen LogP contribution in [0.1, 0.15) is 24.0 Å². The Bertz CT molecular complexity index is 982. The molecule has 0 radical (unpaired) electrons. The number of benzene rings is 2. The van der Waals surface area contributed by atoms with Crippen LogP contribution in [0, 0.1) is 0 Å². The van der Waals surface area contributed by atoms with Gasteiger partial charge in [0.1, 0.15) is 12.1 Å². The third-order valence-electron chi connectivity index (χ3n) is 5.32. The summed E-state index contributed by atoms with van der Waals surface area (Å²) in [6.07, 6.45) is 4.25. The molecule has 1 amide bonds. The molecule has 4 rings (SSSR count). The summed E-state index contributed by atoms with van der Waals surface area (Å²) < 4.78 is 7.05. The molecule has 3 aromatic rings. The van der Waals surface area contributed by atoms with Gasteiger partial charge in [-0.25, -0.2) is 0 Å². The van der Waals surface area contributed by atoms with Crippen LogP contribution in [0.5, 0.6) is 5.75 Å². The molecule has 1 saturated heterocycles. The molecule has 7 nitrogen and oxygen atoms in total. The minimum absolute atomic E-state index is 0.0320. The maximum atomic E-state index is 12.3. The van der Waals surface area contributed by atoms with E-state index in [4.69, 9.17) is 4.74 Å². The maximum Gasteiger partial charge on any atom is 0.230 e. The van der Waals surface area contributed by atoms with E-state index in [-0.39, 0.29) is 11.7 Å². The molecule has 31 heavy (non-hydrogen) atoms. The number of thioether (sulfide) groups is 1.